The van der Waals surface area contributed by atoms with Crippen molar-refractivity contribution >= 4 is 8.32 Å². The number of hydrogen-bond acceptors (Lipinski definition) is 2. The van der Waals surface area contributed by atoms with Crippen molar-refractivity contribution in [3.63, 3.8) is 0 Å². The van der Waals surface area contributed by atoms with Crippen LogP contribution in [-0.4, -0.2) is 26.1 Å². The van der Waals surface area contributed by atoms with E-state index >= 15 is 0 Å². The van der Waals surface area contributed by atoms with Crippen LogP contribution in [0.1, 0.15) is 34.1 Å². The summed E-state index contributed by atoms with van der Waals surface area (Å²) in [6.07, 6.45) is 4.79. The second kappa shape index (κ2) is 5.82. The van der Waals surface area contributed by atoms with E-state index in [0.29, 0.717) is 6.42 Å². The van der Waals surface area contributed by atoms with Gasteiger partial charge in [-0.3, -0.25) is 0 Å². The van der Waals surface area contributed by atoms with Crippen molar-refractivity contribution in [3.8, 4) is 0 Å². The van der Waals surface area contributed by atoms with Gasteiger partial charge in [0.25, 0.3) is 0 Å². The van der Waals surface area contributed by atoms with E-state index in [9.17, 15) is 0 Å². The minimum absolute atomic E-state index is 0.0703. The fourth-order valence-electron chi connectivity index (χ4n) is 1.09. The van der Waals surface area contributed by atoms with Crippen molar-refractivity contribution < 1.29 is 9.53 Å². The maximum absolute atomic E-state index is 8.96. The zero-order valence-electron chi connectivity index (χ0n) is 11.0. The fourth-order valence-corrected chi connectivity index (χ4v) is 2.40. The Hall–Kier alpha value is -0.123. The molecule has 0 aliphatic carbocycles. The molecule has 0 bridgehead atoms. The Morgan fingerprint density at radius 2 is 1.87 bits per heavy atom. The third-order valence-corrected chi connectivity index (χ3v) is 7.58. The highest BCUT2D eigenvalue weighted by Gasteiger charge is 2.38. The number of hydrogen-bond donors (Lipinski definition) is 1. The maximum Gasteiger partial charge on any atom is 0.192 e. The van der Waals surface area contributed by atoms with Gasteiger partial charge in [-0.2, -0.15) is 0 Å². The average Bonchev–Trinajstić information content (AvgIpc) is 2.02. The molecule has 0 aromatic rings. The summed E-state index contributed by atoms with van der Waals surface area (Å²) in [4.78, 5) is 0. The minimum Gasteiger partial charge on any atom is -0.410 e. The Kier molecular flexibility index (Phi) is 5.78. The Balaban J connectivity index is 4.51. The molecule has 0 aromatic carbocycles. The molecule has 2 nitrogen and oxygen atoms in total. The molecule has 90 valence electrons. The summed E-state index contributed by atoms with van der Waals surface area (Å²) in [5.41, 5.74) is 0. The van der Waals surface area contributed by atoms with E-state index in [1.807, 2.05) is 19.1 Å². The van der Waals surface area contributed by atoms with Crippen LogP contribution in [0.3, 0.4) is 0 Å². The van der Waals surface area contributed by atoms with Crippen LogP contribution in [0.5, 0.6) is 0 Å². The molecule has 0 aliphatic rings. The van der Waals surface area contributed by atoms with Crippen LogP contribution in [0.15, 0.2) is 12.2 Å². The molecular weight excluding hydrogens is 204 g/mol. The molecule has 0 fully saturated rings. The molecule has 15 heavy (non-hydrogen) atoms. The highest BCUT2D eigenvalue weighted by atomic mass is 28.4. The molecule has 3 heteroatoms. The normalized spacial score (nSPS) is 15.9. The third kappa shape index (κ3) is 4.95. The lowest BCUT2D eigenvalue weighted by Gasteiger charge is -2.38. The highest BCUT2D eigenvalue weighted by molar-refractivity contribution is 6.74. The van der Waals surface area contributed by atoms with Crippen molar-refractivity contribution in [2.75, 3.05) is 6.61 Å². The van der Waals surface area contributed by atoms with E-state index in [1.165, 1.54) is 0 Å². The molecule has 0 heterocycles. The SMILES string of the molecule is C/C=C/C(CCO)O[Si](C)(C)C(C)(C)C. The van der Waals surface area contributed by atoms with E-state index < -0.39 is 8.32 Å². The molecule has 1 unspecified atom stereocenters. The molecule has 0 radical (unpaired) electrons. The fraction of sp³-hybridized carbons (Fsp3) is 0.833. The van der Waals surface area contributed by atoms with Crippen LogP contribution >= 0.6 is 0 Å². The van der Waals surface area contributed by atoms with E-state index in [4.69, 9.17) is 9.53 Å². The van der Waals surface area contributed by atoms with E-state index in [-0.39, 0.29) is 17.7 Å². The summed E-state index contributed by atoms with van der Waals surface area (Å²) in [6, 6.07) is 0. The lowest BCUT2D eigenvalue weighted by molar-refractivity contribution is 0.174. The molecule has 0 saturated carbocycles. The van der Waals surface area contributed by atoms with Gasteiger partial charge in [-0.1, -0.05) is 32.9 Å². The zero-order valence-corrected chi connectivity index (χ0v) is 12.0. The minimum atomic E-state index is -1.70. The van der Waals surface area contributed by atoms with E-state index in [2.05, 4.69) is 33.9 Å². The van der Waals surface area contributed by atoms with E-state index in [0.717, 1.165) is 0 Å². The summed E-state index contributed by atoms with van der Waals surface area (Å²) in [5.74, 6) is 0. The largest absolute Gasteiger partial charge is 0.410 e. The Morgan fingerprint density at radius 3 is 2.20 bits per heavy atom. The number of aliphatic hydroxyl groups excluding tert-OH is 1. The summed E-state index contributed by atoms with van der Waals surface area (Å²) >= 11 is 0. The Labute approximate surface area is 95.5 Å². The Bertz CT molecular complexity index is 204. The molecular formula is C12H26O2Si. The maximum atomic E-state index is 8.96. The lowest BCUT2D eigenvalue weighted by Crippen LogP contribution is -2.43. The first kappa shape index (κ1) is 14.9. The molecule has 0 saturated heterocycles. The lowest BCUT2D eigenvalue weighted by atomic mass is 10.2. The van der Waals surface area contributed by atoms with Crippen molar-refractivity contribution in [2.24, 2.45) is 0 Å². The van der Waals surface area contributed by atoms with E-state index in [1.54, 1.807) is 0 Å². The second-order valence-corrected chi connectivity index (χ2v) is 10.2. The van der Waals surface area contributed by atoms with Gasteiger partial charge in [0.15, 0.2) is 8.32 Å². The monoisotopic (exact) mass is 230 g/mol. The predicted octanol–water partition coefficient (Wildman–Crippen LogP) is 3.34. The average molecular weight is 230 g/mol. The van der Waals surface area contributed by atoms with Gasteiger partial charge in [0.2, 0.25) is 0 Å². The van der Waals surface area contributed by atoms with Crippen molar-refractivity contribution in [1.29, 1.82) is 0 Å². The van der Waals surface area contributed by atoms with Crippen LogP contribution in [0.4, 0.5) is 0 Å². The molecule has 0 rings (SSSR count). The van der Waals surface area contributed by atoms with Crippen LogP contribution in [-0.2, 0) is 4.43 Å². The van der Waals surface area contributed by atoms with Crippen molar-refractivity contribution in [1.82, 2.24) is 0 Å². The predicted molar refractivity (Wildman–Crippen MR) is 68.6 cm³/mol. The summed E-state index contributed by atoms with van der Waals surface area (Å²) in [7, 11) is -1.70. The molecule has 1 atom stereocenters. The topological polar surface area (TPSA) is 29.5 Å². The van der Waals surface area contributed by atoms with Gasteiger partial charge in [0.1, 0.15) is 0 Å². The smallest absolute Gasteiger partial charge is 0.192 e. The molecule has 0 spiro atoms. The molecule has 0 amide bonds. The molecule has 0 aliphatic heterocycles. The Morgan fingerprint density at radius 1 is 1.33 bits per heavy atom. The van der Waals surface area contributed by atoms with Gasteiger partial charge in [-0.05, 0) is 31.5 Å². The van der Waals surface area contributed by atoms with Crippen LogP contribution in [0, 0.1) is 0 Å². The number of allylic oxidation sites excluding steroid dienone is 1. The number of aliphatic hydroxyl groups is 1. The third-order valence-electron chi connectivity index (χ3n) is 3.07. The van der Waals surface area contributed by atoms with Gasteiger partial charge in [-0.25, -0.2) is 0 Å². The first-order valence-corrected chi connectivity index (χ1v) is 8.57. The molecule has 0 aromatic heterocycles. The van der Waals surface area contributed by atoms with Crippen molar-refractivity contribution in [3.05, 3.63) is 12.2 Å². The van der Waals surface area contributed by atoms with Crippen molar-refractivity contribution in [2.45, 2.75) is 58.4 Å². The summed E-state index contributed by atoms with van der Waals surface area (Å²) < 4.78 is 6.18. The second-order valence-electron chi connectivity index (χ2n) is 5.45. The van der Waals surface area contributed by atoms with Crippen LogP contribution in [0.2, 0.25) is 18.1 Å². The first-order chi connectivity index (χ1) is 6.74. The zero-order chi connectivity index (χ0) is 12.1. The number of rotatable bonds is 5. The first-order valence-electron chi connectivity index (χ1n) is 5.66. The molecule has 1 N–H and O–H groups in total. The quantitative estimate of drug-likeness (QED) is 0.580. The van der Waals surface area contributed by atoms with Gasteiger partial charge >= 0.3 is 0 Å². The standard InChI is InChI=1S/C12H26O2Si/c1-7-8-11(9-10-13)14-15(5,6)12(2,3)4/h7-8,11,13H,9-10H2,1-6H3/b8-7+. The highest BCUT2D eigenvalue weighted by Crippen LogP contribution is 2.37. The summed E-state index contributed by atoms with van der Waals surface area (Å²) in [6.45, 7) is 13.3. The summed E-state index contributed by atoms with van der Waals surface area (Å²) in [5, 5.41) is 9.19. The van der Waals surface area contributed by atoms with Gasteiger partial charge in [0, 0.05) is 6.61 Å². The van der Waals surface area contributed by atoms with Crippen LogP contribution in [0.25, 0.3) is 0 Å². The van der Waals surface area contributed by atoms with Gasteiger partial charge in [-0.15, -0.1) is 0 Å². The van der Waals surface area contributed by atoms with Gasteiger partial charge in [0.05, 0.1) is 6.10 Å². The van der Waals surface area contributed by atoms with Gasteiger partial charge < -0.3 is 9.53 Å². The van der Waals surface area contributed by atoms with Crippen LogP contribution < -0.4 is 0 Å².